The molecule has 0 aliphatic carbocycles. The van der Waals surface area contributed by atoms with Crippen LogP contribution in [0.3, 0.4) is 0 Å². The van der Waals surface area contributed by atoms with Crippen molar-refractivity contribution < 1.29 is 27.9 Å². The minimum absolute atomic E-state index is 0.0153. The maximum Gasteiger partial charge on any atom is 0.327 e. The molecule has 7 nitrogen and oxygen atoms in total. The minimum Gasteiger partial charge on any atom is -0.456 e. The van der Waals surface area contributed by atoms with Crippen molar-refractivity contribution in [3.8, 4) is 0 Å². The van der Waals surface area contributed by atoms with Crippen molar-refractivity contribution in [1.82, 2.24) is 4.72 Å². The largest absolute Gasteiger partial charge is 0.456 e. The molecule has 1 rings (SSSR count). The highest BCUT2D eigenvalue weighted by Crippen LogP contribution is 2.25. The molecule has 0 bridgehead atoms. The summed E-state index contributed by atoms with van der Waals surface area (Å²) in [6.45, 7) is 5.65. The zero-order valence-corrected chi connectivity index (χ0v) is 17.1. The second-order valence-electron chi connectivity index (χ2n) is 6.70. The Morgan fingerprint density at radius 2 is 1.81 bits per heavy atom. The third-order valence-electron chi connectivity index (χ3n) is 3.40. The summed E-state index contributed by atoms with van der Waals surface area (Å²) in [6, 6.07) is 2.00. The molecule has 0 saturated heterocycles. The van der Waals surface area contributed by atoms with Gasteiger partial charge in [-0.2, -0.15) is 4.72 Å². The number of ketones is 1. The topological polar surface area (TPSA) is 110 Å². The lowest BCUT2D eigenvalue weighted by molar-refractivity contribution is -0.153. The maximum atomic E-state index is 12.4. The van der Waals surface area contributed by atoms with Gasteiger partial charge in [0.1, 0.15) is 6.04 Å². The number of aliphatic hydroxyl groups is 1. The highest BCUT2D eigenvalue weighted by Gasteiger charge is 2.32. The van der Waals surface area contributed by atoms with Crippen LogP contribution in [0.2, 0.25) is 10.0 Å². The lowest BCUT2D eigenvalue weighted by atomic mass is 9.91. The molecule has 0 unspecified atom stereocenters. The smallest absolute Gasteiger partial charge is 0.327 e. The number of Topliss-reactive ketones (excluding diaryl/α,β-unsaturated/α-hetero) is 1. The van der Waals surface area contributed by atoms with E-state index in [1.54, 1.807) is 20.8 Å². The zero-order valence-electron chi connectivity index (χ0n) is 14.7. The Morgan fingerprint density at radius 1 is 1.23 bits per heavy atom. The molecule has 26 heavy (non-hydrogen) atoms. The molecule has 2 N–H and O–H groups in total. The van der Waals surface area contributed by atoms with Crippen LogP contribution in [0.5, 0.6) is 0 Å². The van der Waals surface area contributed by atoms with Gasteiger partial charge in [-0.1, -0.05) is 44.0 Å². The van der Waals surface area contributed by atoms with E-state index in [2.05, 4.69) is 4.72 Å². The second-order valence-corrected chi connectivity index (χ2v) is 9.22. The molecule has 0 amide bonds. The second kappa shape index (κ2) is 8.67. The third-order valence-corrected chi connectivity index (χ3v) is 5.58. The normalized spacial score (nSPS) is 14.6. The van der Waals surface area contributed by atoms with Crippen molar-refractivity contribution in [3.05, 3.63) is 28.2 Å². The number of nitrogens with one attached hydrogen (secondary N) is 1. The van der Waals surface area contributed by atoms with Gasteiger partial charge < -0.3 is 9.84 Å². The number of ether oxygens (including phenoxy) is 1. The molecule has 0 spiro atoms. The number of aliphatic hydroxyl groups excluding tert-OH is 1. The highest BCUT2D eigenvalue weighted by atomic mass is 35.5. The molecular weight excluding hydrogens is 405 g/mol. The van der Waals surface area contributed by atoms with Gasteiger partial charge in [-0.3, -0.25) is 9.59 Å². The number of rotatable bonds is 7. The highest BCUT2D eigenvalue weighted by molar-refractivity contribution is 7.89. The summed E-state index contributed by atoms with van der Waals surface area (Å²) in [5, 5.41) is 9.94. The van der Waals surface area contributed by atoms with Crippen LogP contribution in [0.25, 0.3) is 0 Å². The van der Waals surface area contributed by atoms with Crippen molar-refractivity contribution >= 4 is 45.0 Å². The molecule has 0 aromatic heterocycles. The van der Waals surface area contributed by atoms with Crippen molar-refractivity contribution in [2.24, 2.45) is 5.41 Å². The van der Waals surface area contributed by atoms with Crippen molar-refractivity contribution in [2.75, 3.05) is 6.61 Å². The van der Waals surface area contributed by atoms with Crippen LogP contribution in [0.4, 0.5) is 0 Å². The van der Waals surface area contributed by atoms with Crippen LogP contribution >= 0.6 is 23.2 Å². The quantitative estimate of drug-likeness (QED) is 0.647. The summed E-state index contributed by atoms with van der Waals surface area (Å²) < 4.78 is 31.7. The lowest BCUT2D eigenvalue weighted by Crippen LogP contribution is -2.49. The summed E-state index contributed by atoms with van der Waals surface area (Å²) in [6.07, 6.45) is -1.40. The molecule has 1 aromatic rings. The van der Waals surface area contributed by atoms with E-state index in [-0.39, 0.29) is 20.7 Å². The molecule has 146 valence electrons. The fourth-order valence-corrected chi connectivity index (χ4v) is 3.31. The van der Waals surface area contributed by atoms with Gasteiger partial charge in [0, 0.05) is 5.41 Å². The summed E-state index contributed by atoms with van der Waals surface area (Å²) in [7, 11) is -4.19. The van der Waals surface area contributed by atoms with Gasteiger partial charge in [-0.15, -0.1) is 0 Å². The number of carbonyl (C=O) groups excluding carboxylic acids is 2. The standard InChI is InChI=1S/C16H21Cl2NO6S/c1-9(20)14(15(22)25-8-13(21)16(2,3)4)19-26(23,24)10-5-6-11(17)12(18)7-10/h5-7,9,14,19-20H,8H2,1-4H3/t9-,14-/m0/s1. The zero-order chi connectivity index (χ0) is 20.3. The van der Waals surface area contributed by atoms with Crippen LogP contribution in [-0.2, 0) is 24.3 Å². The third kappa shape index (κ3) is 6.21. The number of hydrogen-bond donors (Lipinski definition) is 2. The van der Waals surface area contributed by atoms with Crippen LogP contribution in [0, 0.1) is 5.41 Å². The Balaban J connectivity index is 2.94. The Morgan fingerprint density at radius 3 is 2.27 bits per heavy atom. The first kappa shape index (κ1) is 22.9. The van der Waals surface area contributed by atoms with Gasteiger partial charge in [-0.25, -0.2) is 8.42 Å². The summed E-state index contributed by atoms with van der Waals surface area (Å²) in [5.41, 5.74) is -0.722. The molecule has 0 saturated carbocycles. The molecule has 2 atom stereocenters. The maximum absolute atomic E-state index is 12.4. The summed E-state index contributed by atoms with van der Waals surface area (Å²) in [5.74, 6) is -1.41. The van der Waals surface area contributed by atoms with Gasteiger partial charge in [-0.05, 0) is 25.1 Å². The predicted molar refractivity (Wildman–Crippen MR) is 97.7 cm³/mol. The first-order valence-corrected chi connectivity index (χ1v) is 9.85. The molecule has 10 heteroatoms. The van der Waals surface area contributed by atoms with E-state index in [4.69, 9.17) is 27.9 Å². The van der Waals surface area contributed by atoms with Gasteiger partial charge in [0.15, 0.2) is 12.4 Å². The number of halogens is 2. The fourth-order valence-electron chi connectivity index (χ4n) is 1.67. The van der Waals surface area contributed by atoms with E-state index in [1.807, 2.05) is 0 Å². The van der Waals surface area contributed by atoms with Crippen molar-refractivity contribution in [2.45, 2.75) is 44.7 Å². The summed E-state index contributed by atoms with van der Waals surface area (Å²) in [4.78, 5) is 23.7. The first-order valence-electron chi connectivity index (χ1n) is 7.61. The van der Waals surface area contributed by atoms with Crippen LogP contribution < -0.4 is 4.72 Å². The average molecular weight is 426 g/mol. The van der Waals surface area contributed by atoms with E-state index < -0.39 is 40.2 Å². The SMILES string of the molecule is C[C@H](O)[C@H](NS(=O)(=O)c1ccc(Cl)c(Cl)c1)C(=O)OCC(=O)C(C)(C)C. The monoisotopic (exact) mass is 425 g/mol. The molecule has 1 aromatic carbocycles. The van der Waals surface area contributed by atoms with Gasteiger partial charge in [0.2, 0.25) is 10.0 Å². The first-order chi connectivity index (χ1) is 11.8. The minimum atomic E-state index is -4.19. The van der Waals surface area contributed by atoms with E-state index in [9.17, 15) is 23.1 Å². The molecule has 0 fully saturated rings. The Hall–Kier alpha value is -1.19. The van der Waals surface area contributed by atoms with E-state index in [0.29, 0.717) is 0 Å². The molecule has 0 aliphatic rings. The molecular formula is C16H21Cl2NO6S. The summed E-state index contributed by atoms with van der Waals surface area (Å²) >= 11 is 11.6. The molecule has 0 radical (unpaired) electrons. The number of sulfonamides is 1. The average Bonchev–Trinajstić information content (AvgIpc) is 2.51. The van der Waals surface area contributed by atoms with Gasteiger partial charge in [0.25, 0.3) is 0 Å². The van der Waals surface area contributed by atoms with Crippen LogP contribution in [-0.4, -0.2) is 44.0 Å². The Kier molecular flexibility index (Phi) is 7.62. The predicted octanol–water partition coefficient (Wildman–Crippen LogP) is 2.18. The Labute approximate surface area is 162 Å². The number of benzene rings is 1. The lowest BCUT2D eigenvalue weighted by Gasteiger charge is -2.21. The number of hydrogen-bond acceptors (Lipinski definition) is 6. The number of carbonyl (C=O) groups is 2. The van der Waals surface area contributed by atoms with E-state index in [0.717, 1.165) is 6.07 Å². The molecule has 0 aliphatic heterocycles. The van der Waals surface area contributed by atoms with E-state index in [1.165, 1.54) is 19.1 Å². The van der Waals surface area contributed by atoms with Crippen molar-refractivity contribution in [3.63, 3.8) is 0 Å². The Bertz CT molecular complexity index is 786. The van der Waals surface area contributed by atoms with Crippen LogP contribution in [0.1, 0.15) is 27.7 Å². The van der Waals surface area contributed by atoms with E-state index >= 15 is 0 Å². The van der Waals surface area contributed by atoms with Crippen LogP contribution in [0.15, 0.2) is 23.1 Å². The molecule has 0 heterocycles. The van der Waals surface area contributed by atoms with Gasteiger partial charge in [0.05, 0.1) is 21.0 Å². The fraction of sp³-hybridized carbons (Fsp3) is 0.500. The van der Waals surface area contributed by atoms with Crippen molar-refractivity contribution in [1.29, 1.82) is 0 Å². The number of esters is 1. The van der Waals surface area contributed by atoms with Gasteiger partial charge >= 0.3 is 5.97 Å².